The van der Waals surface area contributed by atoms with Crippen molar-refractivity contribution in [3.8, 4) is 11.5 Å². The fraction of sp³-hybridized carbons (Fsp3) is 0.393. The van der Waals surface area contributed by atoms with Gasteiger partial charge in [0.25, 0.3) is 5.91 Å². The Morgan fingerprint density at radius 3 is 2.50 bits per heavy atom. The largest absolute Gasteiger partial charge is 0.493 e. The number of methoxy groups -OCH3 is 1. The number of hydrogen-bond donors (Lipinski definition) is 0. The summed E-state index contributed by atoms with van der Waals surface area (Å²) in [6.45, 7) is 1.83. The number of nitrogens with zero attached hydrogens (tertiary/aromatic N) is 2. The molecule has 14 heteroatoms. The third-order valence-corrected chi connectivity index (χ3v) is 7.55. The van der Waals surface area contributed by atoms with Crippen molar-refractivity contribution in [3.63, 3.8) is 0 Å². The van der Waals surface area contributed by atoms with Crippen molar-refractivity contribution >= 4 is 34.9 Å². The highest BCUT2D eigenvalue weighted by Gasteiger charge is 2.39. The Bertz CT molecular complexity index is 1410. The molecule has 0 spiro atoms. The zero-order chi connectivity index (χ0) is 30.7. The average molecular weight is 617 g/mol. The smallest absolute Gasteiger partial charge is 0.416 e. The third kappa shape index (κ3) is 7.20. The van der Waals surface area contributed by atoms with Crippen LogP contribution >= 0.6 is 11.8 Å². The van der Waals surface area contributed by atoms with Gasteiger partial charge in [0.15, 0.2) is 16.7 Å². The molecule has 2 heterocycles. The molecule has 2 aromatic carbocycles. The molecule has 226 valence electrons. The van der Waals surface area contributed by atoms with Crippen molar-refractivity contribution in [3.05, 3.63) is 63.6 Å². The predicted octanol–water partition coefficient (Wildman–Crippen LogP) is 6.70. The zero-order valence-corrected chi connectivity index (χ0v) is 23.3. The lowest BCUT2D eigenvalue weighted by Crippen LogP contribution is -2.47. The van der Waals surface area contributed by atoms with Gasteiger partial charge in [0.1, 0.15) is 12.6 Å². The van der Waals surface area contributed by atoms with Crippen LogP contribution in [-0.4, -0.2) is 48.2 Å². The van der Waals surface area contributed by atoms with Gasteiger partial charge in [-0.2, -0.15) is 31.3 Å². The van der Waals surface area contributed by atoms with E-state index in [1.165, 1.54) is 25.3 Å². The van der Waals surface area contributed by atoms with Crippen LogP contribution in [0.3, 0.4) is 0 Å². The second-order valence-electron chi connectivity index (χ2n) is 9.33. The van der Waals surface area contributed by atoms with Gasteiger partial charge in [-0.05, 0) is 73.9 Å². The van der Waals surface area contributed by atoms with Gasteiger partial charge in [-0.3, -0.25) is 4.79 Å². The van der Waals surface area contributed by atoms with E-state index < -0.39 is 47.6 Å². The summed E-state index contributed by atoms with van der Waals surface area (Å²) in [5.74, 6) is -0.700. The second-order valence-corrected chi connectivity index (χ2v) is 10.3. The Kier molecular flexibility index (Phi) is 9.43. The number of alkyl halides is 6. The van der Waals surface area contributed by atoms with E-state index in [-0.39, 0.29) is 35.0 Å². The first kappa shape index (κ1) is 31.3. The molecule has 42 heavy (non-hydrogen) atoms. The lowest BCUT2D eigenvalue weighted by molar-refractivity contribution is -0.149. The molecule has 2 aromatic rings. The van der Waals surface area contributed by atoms with E-state index in [0.717, 1.165) is 30.7 Å². The van der Waals surface area contributed by atoms with Crippen LogP contribution < -0.4 is 9.47 Å². The van der Waals surface area contributed by atoms with E-state index in [1.807, 2.05) is 0 Å². The summed E-state index contributed by atoms with van der Waals surface area (Å²) in [5.41, 5.74) is -2.86. The summed E-state index contributed by atoms with van der Waals surface area (Å²) in [5, 5.41) is 0.396. The SMILES string of the molecule is CCOC(=O)C1CCCCN1C1=NC(=O)/C(=C\c2ccc(OCc3ccc(C(F)(F)F)cc3C(F)(F)F)c(OC)c2)S1. The number of halogens is 6. The molecule has 1 atom stereocenters. The standard InChI is InChI=1S/C28H26F6N2O5S/c1-3-40-25(38)20-6-4-5-11-36(20)26-35-24(37)23(42-26)13-16-7-10-21(22(12-16)39-2)41-15-17-8-9-18(27(29,30)31)14-19(17)28(32,33)34/h7-10,12-14,20H,3-6,11,15H2,1-2H3/b23-13+. The summed E-state index contributed by atoms with van der Waals surface area (Å²) >= 11 is 1.11. The van der Waals surface area contributed by atoms with Crippen molar-refractivity contribution < 1.29 is 50.1 Å². The molecule has 2 aliphatic rings. The lowest BCUT2D eigenvalue weighted by atomic mass is 10.0. The number of thioether (sulfide) groups is 1. The number of benzene rings is 2. The van der Waals surface area contributed by atoms with Crippen molar-refractivity contribution in [2.24, 2.45) is 4.99 Å². The number of likely N-dealkylation sites (tertiary alicyclic amines) is 1. The van der Waals surface area contributed by atoms with Crippen LogP contribution in [0.2, 0.25) is 0 Å². The number of ether oxygens (including phenoxy) is 3. The second kappa shape index (κ2) is 12.7. The Labute approximate surface area is 241 Å². The summed E-state index contributed by atoms with van der Waals surface area (Å²) in [4.78, 5) is 31.3. The quantitative estimate of drug-likeness (QED) is 0.195. The number of aliphatic imine (C=N–C) groups is 1. The Balaban J connectivity index is 1.50. The van der Waals surface area contributed by atoms with Gasteiger partial charge >= 0.3 is 18.3 Å². The molecule has 1 saturated heterocycles. The maximum atomic E-state index is 13.5. The number of esters is 1. The molecular formula is C28H26F6N2O5S. The number of amidine groups is 1. The van der Waals surface area contributed by atoms with E-state index in [0.29, 0.717) is 29.8 Å². The van der Waals surface area contributed by atoms with Gasteiger partial charge < -0.3 is 19.1 Å². The molecule has 1 fully saturated rings. The molecule has 7 nitrogen and oxygen atoms in total. The van der Waals surface area contributed by atoms with Gasteiger partial charge in [0.05, 0.1) is 29.7 Å². The molecule has 0 aliphatic carbocycles. The van der Waals surface area contributed by atoms with Crippen LogP contribution in [0.25, 0.3) is 6.08 Å². The molecular weight excluding hydrogens is 590 g/mol. The van der Waals surface area contributed by atoms with Crippen molar-refractivity contribution in [1.82, 2.24) is 4.90 Å². The van der Waals surface area contributed by atoms with E-state index in [2.05, 4.69) is 4.99 Å². The van der Waals surface area contributed by atoms with Gasteiger partial charge in [-0.1, -0.05) is 12.1 Å². The number of carbonyl (C=O) groups excluding carboxylic acids is 2. The highest BCUT2D eigenvalue weighted by molar-refractivity contribution is 8.18. The monoisotopic (exact) mass is 616 g/mol. The summed E-state index contributed by atoms with van der Waals surface area (Å²) in [7, 11) is 1.31. The highest BCUT2D eigenvalue weighted by atomic mass is 32.2. The zero-order valence-electron chi connectivity index (χ0n) is 22.5. The number of piperidine rings is 1. The minimum Gasteiger partial charge on any atom is -0.493 e. The topological polar surface area (TPSA) is 77.4 Å². The van der Waals surface area contributed by atoms with Crippen LogP contribution in [-0.2, 0) is 33.3 Å². The average Bonchev–Trinajstić information content (AvgIpc) is 3.30. The molecule has 0 bridgehead atoms. The first-order valence-electron chi connectivity index (χ1n) is 12.9. The normalized spacial score (nSPS) is 18.7. The third-order valence-electron chi connectivity index (χ3n) is 6.53. The first-order chi connectivity index (χ1) is 19.8. The molecule has 4 rings (SSSR count). The van der Waals surface area contributed by atoms with Gasteiger partial charge in [0.2, 0.25) is 0 Å². The number of amides is 1. The van der Waals surface area contributed by atoms with Gasteiger partial charge in [-0.15, -0.1) is 0 Å². The molecule has 2 aliphatic heterocycles. The summed E-state index contributed by atoms with van der Waals surface area (Å²) in [6.07, 6.45) is -6.15. The van der Waals surface area contributed by atoms with Crippen molar-refractivity contribution in [1.29, 1.82) is 0 Å². The lowest BCUT2D eigenvalue weighted by Gasteiger charge is -2.34. The molecule has 0 aromatic heterocycles. The van der Waals surface area contributed by atoms with Crippen molar-refractivity contribution in [2.75, 3.05) is 20.3 Å². The van der Waals surface area contributed by atoms with Crippen LogP contribution in [0.4, 0.5) is 26.3 Å². The number of rotatable bonds is 7. The molecule has 0 N–H and O–H groups in total. The molecule has 1 amide bonds. The maximum absolute atomic E-state index is 13.5. The predicted molar refractivity (Wildman–Crippen MR) is 143 cm³/mol. The Hall–Kier alpha value is -3.68. The van der Waals surface area contributed by atoms with Crippen molar-refractivity contribution in [2.45, 2.75) is 51.2 Å². The number of hydrogen-bond acceptors (Lipinski definition) is 7. The summed E-state index contributed by atoms with van der Waals surface area (Å²) in [6, 6.07) is 5.26. The highest BCUT2D eigenvalue weighted by Crippen LogP contribution is 2.39. The van der Waals surface area contributed by atoms with Crippen LogP contribution in [0.1, 0.15) is 48.4 Å². The van der Waals surface area contributed by atoms with Crippen LogP contribution in [0, 0.1) is 0 Å². The molecule has 0 saturated carbocycles. The van der Waals surface area contributed by atoms with E-state index in [9.17, 15) is 35.9 Å². The minimum absolute atomic E-state index is 0.0422. The Morgan fingerprint density at radius 1 is 1.07 bits per heavy atom. The molecule has 1 unspecified atom stereocenters. The van der Waals surface area contributed by atoms with Crippen LogP contribution in [0.15, 0.2) is 46.3 Å². The van der Waals surface area contributed by atoms with E-state index in [1.54, 1.807) is 17.9 Å². The fourth-order valence-electron chi connectivity index (χ4n) is 4.51. The fourth-order valence-corrected chi connectivity index (χ4v) is 5.50. The Morgan fingerprint density at radius 2 is 1.83 bits per heavy atom. The van der Waals surface area contributed by atoms with Crippen LogP contribution in [0.5, 0.6) is 11.5 Å². The minimum atomic E-state index is -5.03. The number of carbonyl (C=O) groups is 2. The first-order valence-corrected chi connectivity index (χ1v) is 13.7. The van der Waals surface area contributed by atoms with Gasteiger partial charge in [-0.25, -0.2) is 4.79 Å². The van der Waals surface area contributed by atoms with E-state index in [4.69, 9.17) is 14.2 Å². The van der Waals surface area contributed by atoms with E-state index >= 15 is 0 Å². The molecule has 0 radical (unpaired) electrons. The summed E-state index contributed by atoms with van der Waals surface area (Å²) < 4.78 is 95.3. The van der Waals surface area contributed by atoms with Gasteiger partial charge in [0, 0.05) is 12.1 Å². The maximum Gasteiger partial charge on any atom is 0.416 e.